The fourth-order valence-corrected chi connectivity index (χ4v) is 6.06. The molecule has 0 spiro atoms. The Kier molecular flexibility index (Phi) is 7.02. The van der Waals surface area contributed by atoms with Gasteiger partial charge in [0.25, 0.3) is 17.7 Å². The number of ether oxygens (including phenoxy) is 1. The minimum atomic E-state index is -3.16. The standard InChI is InChI=1S/C25H26N2O7S/c1-2-3-13-26(19-12-14-35(32,33)16-19)22(28)15-34-25(31)17-8-10-18(11-9-17)27-23(29)20-6-4-5-7-21(20)24(27)30/h4-11,19H,2-3,12-16H2,1H3. The number of carbonyl (C=O) groups is 4. The topological polar surface area (TPSA) is 118 Å². The van der Waals surface area contributed by atoms with E-state index in [-0.39, 0.29) is 17.1 Å². The van der Waals surface area contributed by atoms with Crippen molar-refractivity contribution in [2.24, 2.45) is 0 Å². The Morgan fingerprint density at radius 3 is 2.20 bits per heavy atom. The van der Waals surface area contributed by atoms with Crippen molar-refractivity contribution in [3.63, 3.8) is 0 Å². The van der Waals surface area contributed by atoms with Crippen molar-refractivity contribution < 1.29 is 32.3 Å². The maximum atomic E-state index is 12.8. The van der Waals surface area contributed by atoms with Crippen molar-refractivity contribution in [3.05, 3.63) is 65.2 Å². The first kappa shape index (κ1) is 24.6. The van der Waals surface area contributed by atoms with Crippen LogP contribution in [-0.2, 0) is 19.4 Å². The summed E-state index contributed by atoms with van der Waals surface area (Å²) in [6.45, 7) is 1.88. The predicted molar refractivity (Wildman–Crippen MR) is 128 cm³/mol. The van der Waals surface area contributed by atoms with E-state index in [1.54, 1.807) is 24.3 Å². The Hall–Kier alpha value is -3.53. The number of anilines is 1. The highest BCUT2D eigenvalue weighted by molar-refractivity contribution is 7.91. The van der Waals surface area contributed by atoms with Crippen LogP contribution in [-0.4, -0.2) is 67.7 Å². The normalized spacial score (nSPS) is 18.4. The van der Waals surface area contributed by atoms with Crippen LogP contribution in [0.4, 0.5) is 5.69 Å². The monoisotopic (exact) mass is 498 g/mol. The van der Waals surface area contributed by atoms with Crippen LogP contribution in [0.2, 0.25) is 0 Å². The zero-order chi connectivity index (χ0) is 25.2. The first-order valence-electron chi connectivity index (χ1n) is 11.5. The minimum absolute atomic E-state index is 0.0484. The molecule has 2 aromatic carbocycles. The van der Waals surface area contributed by atoms with Crippen LogP contribution in [0.5, 0.6) is 0 Å². The van der Waals surface area contributed by atoms with E-state index in [1.807, 2.05) is 6.92 Å². The molecule has 0 radical (unpaired) electrons. The molecule has 2 aliphatic heterocycles. The van der Waals surface area contributed by atoms with Gasteiger partial charge in [0.2, 0.25) is 0 Å². The summed E-state index contributed by atoms with van der Waals surface area (Å²) < 4.78 is 28.9. The average Bonchev–Trinajstić information content (AvgIpc) is 3.33. The maximum Gasteiger partial charge on any atom is 0.338 e. The van der Waals surface area contributed by atoms with Gasteiger partial charge in [0.1, 0.15) is 0 Å². The summed E-state index contributed by atoms with van der Waals surface area (Å²) in [7, 11) is -3.16. The van der Waals surface area contributed by atoms with Gasteiger partial charge in [0.15, 0.2) is 16.4 Å². The van der Waals surface area contributed by atoms with Crippen molar-refractivity contribution in [2.45, 2.75) is 32.2 Å². The molecule has 2 heterocycles. The van der Waals surface area contributed by atoms with Gasteiger partial charge in [-0.1, -0.05) is 25.5 Å². The van der Waals surface area contributed by atoms with Crippen LogP contribution < -0.4 is 4.90 Å². The average molecular weight is 499 g/mol. The first-order chi connectivity index (χ1) is 16.7. The Morgan fingerprint density at radius 2 is 1.66 bits per heavy atom. The number of esters is 1. The molecule has 4 rings (SSSR count). The number of sulfone groups is 1. The quantitative estimate of drug-likeness (QED) is 0.405. The van der Waals surface area contributed by atoms with Crippen LogP contribution in [0.15, 0.2) is 48.5 Å². The number of fused-ring (bicyclic) bond motifs is 1. The molecule has 2 aliphatic rings. The third-order valence-electron chi connectivity index (χ3n) is 6.20. The third kappa shape index (κ3) is 5.12. The number of hydrogen-bond acceptors (Lipinski definition) is 7. The highest BCUT2D eigenvalue weighted by atomic mass is 32.2. The van der Waals surface area contributed by atoms with Crippen molar-refractivity contribution in [3.8, 4) is 0 Å². The number of hydrogen-bond donors (Lipinski definition) is 0. The van der Waals surface area contributed by atoms with Crippen LogP contribution in [0.3, 0.4) is 0 Å². The van der Waals surface area contributed by atoms with Crippen LogP contribution in [0.1, 0.15) is 57.3 Å². The Balaban J connectivity index is 1.39. The molecule has 35 heavy (non-hydrogen) atoms. The second-order valence-corrected chi connectivity index (χ2v) is 10.8. The largest absolute Gasteiger partial charge is 0.452 e. The van der Waals surface area contributed by atoms with Gasteiger partial charge in [0, 0.05) is 12.6 Å². The molecule has 0 N–H and O–H groups in total. The number of nitrogens with zero attached hydrogens (tertiary/aromatic N) is 2. The molecule has 1 atom stereocenters. The number of carbonyl (C=O) groups excluding carboxylic acids is 4. The first-order valence-corrected chi connectivity index (χ1v) is 13.3. The van der Waals surface area contributed by atoms with E-state index in [2.05, 4.69) is 0 Å². The highest BCUT2D eigenvalue weighted by Gasteiger charge is 2.37. The van der Waals surface area contributed by atoms with Crippen LogP contribution >= 0.6 is 0 Å². The van der Waals surface area contributed by atoms with Gasteiger partial charge in [-0.2, -0.15) is 0 Å². The molecule has 10 heteroatoms. The molecule has 0 aliphatic carbocycles. The SMILES string of the molecule is CCCCN(C(=O)COC(=O)c1ccc(N2C(=O)c3ccccc3C2=O)cc1)C1CCS(=O)(=O)C1. The fourth-order valence-electron chi connectivity index (χ4n) is 4.32. The van der Waals surface area contributed by atoms with E-state index in [9.17, 15) is 27.6 Å². The van der Waals surface area contributed by atoms with Gasteiger partial charge in [-0.3, -0.25) is 14.4 Å². The van der Waals surface area contributed by atoms with Gasteiger partial charge >= 0.3 is 5.97 Å². The van der Waals surface area contributed by atoms with Crippen molar-refractivity contribution in [2.75, 3.05) is 29.6 Å². The summed E-state index contributed by atoms with van der Waals surface area (Å²) >= 11 is 0. The summed E-state index contributed by atoms with van der Waals surface area (Å²) in [6, 6.07) is 11.9. The van der Waals surface area contributed by atoms with Gasteiger partial charge in [-0.05, 0) is 49.2 Å². The molecule has 1 saturated heterocycles. The Bertz CT molecular complexity index is 1240. The summed E-state index contributed by atoms with van der Waals surface area (Å²) in [4.78, 5) is 53.1. The molecule has 0 bridgehead atoms. The zero-order valence-corrected chi connectivity index (χ0v) is 20.1. The molecule has 0 saturated carbocycles. The molecular weight excluding hydrogens is 472 g/mol. The number of benzene rings is 2. The smallest absolute Gasteiger partial charge is 0.338 e. The fraction of sp³-hybridized carbons (Fsp3) is 0.360. The zero-order valence-electron chi connectivity index (χ0n) is 19.3. The van der Waals surface area contributed by atoms with E-state index in [1.165, 1.54) is 29.2 Å². The molecule has 0 aromatic heterocycles. The van der Waals surface area contributed by atoms with Gasteiger partial charge in [-0.25, -0.2) is 18.1 Å². The van der Waals surface area contributed by atoms with E-state index in [0.29, 0.717) is 29.8 Å². The lowest BCUT2D eigenvalue weighted by Crippen LogP contribution is -2.43. The minimum Gasteiger partial charge on any atom is -0.452 e. The third-order valence-corrected chi connectivity index (χ3v) is 7.95. The van der Waals surface area contributed by atoms with Crippen LogP contribution in [0, 0.1) is 0 Å². The lowest BCUT2D eigenvalue weighted by atomic mass is 10.1. The molecule has 184 valence electrons. The van der Waals surface area contributed by atoms with Crippen molar-refractivity contribution in [1.82, 2.24) is 4.90 Å². The van der Waals surface area contributed by atoms with Gasteiger partial charge < -0.3 is 9.64 Å². The second kappa shape index (κ2) is 9.99. The molecule has 1 unspecified atom stereocenters. The number of imide groups is 1. The van der Waals surface area contributed by atoms with E-state index >= 15 is 0 Å². The Labute approximate surface area is 203 Å². The number of amides is 3. The van der Waals surface area contributed by atoms with Gasteiger partial charge in [0.05, 0.1) is 33.9 Å². The van der Waals surface area contributed by atoms with Gasteiger partial charge in [-0.15, -0.1) is 0 Å². The maximum absolute atomic E-state index is 12.8. The summed E-state index contributed by atoms with van der Waals surface area (Å²) in [6.07, 6.45) is 1.93. The van der Waals surface area contributed by atoms with E-state index < -0.39 is 46.2 Å². The predicted octanol–water partition coefficient (Wildman–Crippen LogP) is 2.46. The van der Waals surface area contributed by atoms with Crippen LogP contribution in [0.25, 0.3) is 0 Å². The van der Waals surface area contributed by atoms with E-state index in [0.717, 1.165) is 17.7 Å². The second-order valence-electron chi connectivity index (χ2n) is 8.61. The molecule has 1 fully saturated rings. The molecule has 9 nitrogen and oxygen atoms in total. The van der Waals surface area contributed by atoms with Crippen molar-refractivity contribution in [1.29, 1.82) is 0 Å². The molecule has 2 aromatic rings. The lowest BCUT2D eigenvalue weighted by molar-refractivity contribution is -0.136. The van der Waals surface area contributed by atoms with Crippen molar-refractivity contribution >= 4 is 39.2 Å². The highest BCUT2D eigenvalue weighted by Crippen LogP contribution is 2.28. The summed E-state index contributed by atoms with van der Waals surface area (Å²) in [5.74, 6) is -2.07. The van der Waals surface area contributed by atoms with E-state index in [4.69, 9.17) is 4.74 Å². The summed E-state index contributed by atoms with van der Waals surface area (Å²) in [5, 5.41) is 0. The number of unbranched alkanes of at least 4 members (excludes halogenated alkanes) is 1. The lowest BCUT2D eigenvalue weighted by Gasteiger charge is -2.28. The number of rotatable bonds is 8. The summed E-state index contributed by atoms with van der Waals surface area (Å²) in [5.41, 5.74) is 1.11. The molecular formula is C25H26N2O7S. The molecule has 3 amide bonds. The Morgan fingerprint density at radius 1 is 1.03 bits per heavy atom.